The number of aryl methyl sites for hydroxylation is 2. The van der Waals surface area contributed by atoms with E-state index in [4.69, 9.17) is 5.26 Å². The predicted molar refractivity (Wildman–Crippen MR) is 86.9 cm³/mol. The van der Waals surface area contributed by atoms with Crippen molar-refractivity contribution in [2.45, 2.75) is 50.6 Å². The van der Waals surface area contributed by atoms with Crippen LogP contribution < -0.4 is 5.32 Å². The molecule has 0 spiro atoms. The molecule has 1 aromatic carbocycles. The maximum atomic E-state index is 13.0. The number of nitrogens with zero attached hydrogens (tertiary/aromatic N) is 4. The van der Waals surface area contributed by atoms with Crippen LogP contribution in [0.4, 0.5) is 0 Å². The molecule has 6 heteroatoms. The van der Waals surface area contributed by atoms with Crippen molar-refractivity contribution in [3.05, 3.63) is 47.0 Å². The molecule has 1 saturated carbocycles. The summed E-state index contributed by atoms with van der Waals surface area (Å²) < 4.78 is 1.90. The van der Waals surface area contributed by atoms with Crippen LogP contribution >= 0.6 is 0 Å². The van der Waals surface area contributed by atoms with Gasteiger partial charge in [-0.3, -0.25) is 4.79 Å². The Morgan fingerprint density at radius 1 is 1.46 bits per heavy atom. The van der Waals surface area contributed by atoms with Gasteiger partial charge in [0.25, 0.3) is 0 Å². The Labute approximate surface area is 140 Å². The van der Waals surface area contributed by atoms with Gasteiger partial charge in [0.15, 0.2) is 0 Å². The van der Waals surface area contributed by atoms with Gasteiger partial charge in [0.2, 0.25) is 5.91 Å². The number of aromatic nitrogens is 3. The van der Waals surface area contributed by atoms with Gasteiger partial charge in [-0.2, -0.15) is 10.4 Å². The fourth-order valence-corrected chi connectivity index (χ4v) is 3.56. The largest absolute Gasteiger partial charge is 0.345 e. The molecular formula is C18H19N5O. The third kappa shape index (κ3) is 2.37. The van der Waals surface area contributed by atoms with E-state index in [1.807, 2.05) is 29.8 Å². The first-order valence-electron chi connectivity index (χ1n) is 8.35. The van der Waals surface area contributed by atoms with Gasteiger partial charge in [-0.15, -0.1) is 0 Å². The van der Waals surface area contributed by atoms with E-state index in [9.17, 15) is 4.79 Å². The molecule has 1 N–H and O–H groups in total. The summed E-state index contributed by atoms with van der Waals surface area (Å²) in [6.45, 7) is 2.73. The lowest BCUT2D eigenvalue weighted by atomic mass is 9.93. The van der Waals surface area contributed by atoms with Gasteiger partial charge in [-0.25, -0.2) is 9.67 Å². The van der Waals surface area contributed by atoms with E-state index in [1.54, 1.807) is 6.07 Å². The third-order valence-corrected chi connectivity index (χ3v) is 5.01. The summed E-state index contributed by atoms with van der Waals surface area (Å²) in [6.07, 6.45) is 3.52. The fraction of sp³-hybridized carbons (Fsp3) is 0.444. The van der Waals surface area contributed by atoms with Crippen molar-refractivity contribution in [3.8, 4) is 6.07 Å². The number of fused-ring (bicyclic) bond motifs is 1. The Morgan fingerprint density at radius 2 is 2.29 bits per heavy atom. The first kappa shape index (κ1) is 14.9. The molecule has 4 rings (SSSR count). The summed E-state index contributed by atoms with van der Waals surface area (Å²) >= 11 is 0. The molecule has 0 unspecified atom stereocenters. The zero-order valence-corrected chi connectivity index (χ0v) is 13.6. The second kappa shape index (κ2) is 5.45. The topological polar surface area (TPSA) is 83.6 Å². The molecule has 24 heavy (non-hydrogen) atoms. The average molecular weight is 321 g/mol. The number of hydrogen-bond acceptors (Lipinski definition) is 4. The Hall–Kier alpha value is -2.68. The minimum absolute atomic E-state index is 0.0386. The lowest BCUT2D eigenvalue weighted by molar-refractivity contribution is -0.124. The highest BCUT2D eigenvalue weighted by Crippen LogP contribution is 2.49. The molecule has 1 aliphatic heterocycles. The number of benzene rings is 1. The SMILES string of the molecule is Cc1nc2n(n1)CCC[C@@H]2NC(=O)C1(c2cccc(C#N)c2)CC1. The molecule has 2 aromatic rings. The normalized spacial score (nSPS) is 20.8. The summed E-state index contributed by atoms with van der Waals surface area (Å²) in [7, 11) is 0. The zero-order valence-electron chi connectivity index (χ0n) is 13.6. The van der Waals surface area contributed by atoms with Gasteiger partial charge in [-0.05, 0) is 50.3 Å². The summed E-state index contributed by atoms with van der Waals surface area (Å²) in [5, 5.41) is 16.7. The molecule has 2 aliphatic rings. The molecule has 122 valence electrons. The zero-order chi connectivity index (χ0) is 16.7. The summed E-state index contributed by atoms with van der Waals surface area (Å²) in [5.74, 6) is 1.64. The van der Waals surface area contributed by atoms with Gasteiger partial charge in [0.1, 0.15) is 11.6 Å². The minimum atomic E-state index is -0.482. The number of carbonyl (C=O) groups excluding carboxylic acids is 1. The van der Waals surface area contributed by atoms with Crippen molar-refractivity contribution in [3.63, 3.8) is 0 Å². The number of nitriles is 1. The summed E-state index contributed by atoms with van der Waals surface area (Å²) in [6, 6.07) is 9.47. The van der Waals surface area contributed by atoms with Crippen molar-refractivity contribution < 1.29 is 4.79 Å². The summed E-state index contributed by atoms with van der Waals surface area (Å²) in [4.78, 5) is 17.4. The van der Waals surface area contributed by atoms with E-state index < -0.39 is 5.41 Å². The van der Waals surface area contributed by atoms with Crippen LogP contribution in [-0.4, -0.2) is 20.7 Å². The molecule has 1 aromatic heterocycles. The van der Waals surface area contributed by atoms with Gasteiger partial charge < -0.3 is 5.32 Å². The second-order valence-electron chi connectivity index (χ2n) is 6.68. The third-order valence-electron chi connectivity index (χ3n) is 5.01. The molecule has 0 bridgehead atoms. The molecule has 6 nitrogen and oxygen atoms in total. The highest BCUT2D eigenvalue weighted by Gasteiger charge is 2.52. The molecule has 1 fully saturated rings. The maximum Gasteiger partial charge on any atom is 0.231 e. The van der Waals surface area contributed by atoms with E-state index in [2.05, 4.69) is 21.5 Å². The quantitative estimate of drug-likeness (QED) is 0.939. The van der Waals surface area contributed by atoms with E-state index in [0.717, 1.165) is 49.4 Å². The van der Waals surface area contributed by atoms with Gasteiger partial charge in [-0.1, -0.05) is 12.1 Å². The molecule has 1 aliphatic carbocycles. The molecule has 1 atom stereocenters. The Kier molecular flexibility index (Phi) is 3.38. The Bertz CT molecular complexity index is 843. The number of amides is 1. The minimum Gasteiger partial charge on any atom is -0.345 e. The van der Waals surface area contributed by atoms with Crippen LogP contribution in [0.25, 0.3) is 0 Å². The van der Waals surface area contributed by atoms with Crippen LogP contribution in [0.1, 0.15) is 54.5 Å². The smallest absolute Gasteiger partial charge is 0.231 e. The van der Waals surface area contributed by atoms with Gasteiger partial charge in [0, 0.05) is 6.54 Å². The first-order valence-corrected chi connectivity index (χ1v) is 8.35. The van der Waals surface area contributed by atoms with Crippen molar-refractivity contribution in [2.24, 2.45) is 0 Å². The predicted octanol–water partition coefficient (Wildman–Crippen LogP) is 2.14. The van der Waals surface area contributed by atoms with Gasteiger partial charge in [0.05, 0.1) is 23.1 Å². The van der Waals surface area contributed by atoms with Crippen molar-refractivity contribution in [2.75, 3.05) is 0 Å². The highest BCUT2D eigenvalue weighted by atomic mass is 16.2. The number of hydrogen-bond donors (Lipinski definition) is 1. The van der Waals surface area contributed by atoms with Crippen LogP contribution in [-0.2, 0) is 16.8 Å². The lowest BCUT2D eigenvalue weighted by Gasteiger charge is -2.25. The number of carbonyl (C=O) groups is 1. The molecule has 1 amide bonds. The standard InChI is InChI=1S/C18H19N5O/c1-12-20-16-15(6-3-9-23(16)22-12)21-17(24)18(7-8-18)14-5-2-4-13(10-14)11-19/h2,4-5,10,15H,3,6-9H2,1H3,(H,21,24)/t15-/m0/s1. The lowest BCUT2D eigenvalue weighted by Crippen LogP contribution is -2.39. The van der Waals surface area contributed by atoms with E-state index in [1.165, 1.54) is 0 Å². The Balaban J connectivity index is 1.58. The van der Waals surface area contributed by atoms with E-state index in [-0.39, 0.29) is 11.9 Å². The molecule has 0 radical (unpaired) electrons. The van der Waals surface area contributed by atoms with Gasteiger partial charge >= 0.3 is 0 Å². The van der Waals surface area contributed by atoms with Crippen LogP contribution in [0.3, 0.4) is 0 Å². The number of nitrogens with one attached hydrogen (secondary N) is 1. The highest BCUT2D eigenvalue weighted by molar-refractivity contribution is 5.91. The van der Waals surface area contributed by atoms with Crippen LogP contribution in [0.5, 0.6) is 0 Å². The van der Waals surface area contributed by atoms with Crippen LogP contribution in [0.15, 0.2) is 24.3 Å². The van der Waals surface area contributed by atoms with E-state index >= 15 is 0 Å². The Morgan fingerprint density at radius 3 is 3.04 bits per heavy atom. The summed E-state index contributed by atoms with van der Waals surface area (Å²) in [5.41, 5.74) is 1.05. The number of rotatable bonds is 3. The van der Waals surface area contributed by atoms with Crippen LogP contribution in [0, 0.1) is 18.3 Å². The first-order chi connectivity index (χ1) is 11.6. The second-order valence-corrected chi connectivity index (χ2v) is 6.68. The molecular weight excluding hydrogens is 302 g/mol. The average Bonchev–Trinajstić information content (AvgIpc) is 3.31. The van der Waals surface area contributed by atoms with Crippen molar-refractivity contribution in [1.29, 1.82) is 5.26 Å². The van der Waals surface area contributed by atoms with Crippen molar-refractivity contribution >= 4 is 5.91 Å². The monoisotopic (exact) mass is 321 g/mol. The van der Waals surface area contributed by atoms with Crippen molar-refractivity contribution in [1.82, 2.24) is 20.1 Å². The van der Waals surface area contributed by atoms with Crippen LogP contribution in [0.2, 0.25) is 0 Å². The maximum absolute atomic E-state index is 13.0. The van der Waals surface area contributed by atoms with E-state index in [0.29, 0.717) is 5.56 Å². The molecule has 2 heterocycles. The molecule has 0 saturated heterocycles. The fourth-order valence-electron chi connectivity index (χ4n) is 3.56.